The molecule has 2 atom stereocenters. The summed E-state index contributed by atoms with van der Waals surface area (Å²) in [5.74, 6) is 0.193. The lowest BCUT2D eigenvalue weighted by atomic mass is 10.1. The average Bonchev–Trinajstić information content (AvgIpc) is 2.73. The number of rotatable bonds is 3. The molecule has 0 spiro atoms. The summed E-state index contributed by atoms with van der Waals surface area (Å²) in [5, 5.41) is 0. The van der Waals surface area contributed by atoms with Crippen LogP contribution >= 0.6 is 0 Å². The van der Waals surface area contributed by atoms with E-state index < -0.39 is 0 Å². The Bertz CT molecular complexity index is 377. The van der Waals surface area contributed by atoms with E-state index in [0.29, 0.717) is 13.0 Å². The van der Waals surface area contributed by atoms with Gasteiger partial charge in [0.05, 0.1) is 6.54 Å². The van der Waals surface area contributed by atoms with Gasteiger partial charge >= 0.3 is 0 Å². The first-order valence-corrected chi connectivity index (χ1v) is 6.22. The molecular weight excluding hydrogens is 214 g/mol. The van der Waals surface area contributed by atoms with Crippen molar-refractivity contribution in [1.29, 1.82) is 0 Å². The average molecular weight is 233 g/mol. The van der Waals surface area contributed by atoms with Gasteiger partial charge < -0.3 is 9.64 Å². The zero-order valence-electron chi connectivity index (χ0n) is 10.4. The van der Waals surface area contributed by atoms with Crippen LogP contribution in [-0.2, 0) is 9.53 Å². The lowest BCUT2D eigenvalue weighted by Gasteiger charge is -2.18. The van der Waals surface area contributed by atoms with Gasteiger partial charge in [0.15, 0.2) is 0 Å². The number of ether oxygens (including phenoxy) is 1. The molecule has 1 heterocycles. The van der Waals surface area contributed by atoms with Crippen LogP contribution in [-0.4, -0.2) is 23.6 Å². The quantitative estimate of drug-likeness (QED) is 0.803. The summed E-state index contributed by atoms with van der Waals surface area (Å²) in [7, 11) is 0. The van der Waals surface area contributed by atoms with Gasteiger partial charge in [0.2, 0.25) is 5.91 Å². The lowest BCUT2D eigenvalue weighted by molar-refractivity contribution is -0.135. The predicted octanol–water partition coefficient (Wildman–Crippen LogP) is 2.73. The van der Waals surface area contributed by atoms with E-state index >= 15 is 0 Å². The molecule has 1 aromatic carbocycles. The monoisotopic (exact) mass is 233 g/mol. The molecule has 0 N–H and O–H groups in total. The summed E-state index contributed by atoms with van der Waals surface area (Å²) >= 11 is 0. The van der Waals surface area contributed by atoms with Crippen molar-refractivity contribution in [1.82, 2.24) is 4.90 Å². The van der Waals surface area contributed by atoms with E-state index in [9.17, 15) is 4.79 Å². The second-order valence-electron chi connectivity index (χ2n) is 4.43. The molecule has 0 bridgehead atoms. The first-order valence-electron chi connectivity index (χ1n) is 6.22. The summed E-state index contributed by atoms with van der Waals surface area (Å²) in [6, 6.07) is 10.1. The summed E-state index contributed by atoms with van der Waals surface area (Å²) in [6.07, 6.45) is 1.40. The van der Waals surface area contributed by atoms with Crippen LogP contribution < -0.4 is 0 Å². The highest BCUT2D eigenvalue weighted by molar-refractivity contribution is 5.76. The van der Waals surface area contributed by atoms with Crippen molar-refractivity contribution in [2.45, 2.75) is 39.0 Å². The van der Waals surface area contributed by atoms with Crippen molar-refractivity contribution in [2.24, 2.45) is 0 Å². The first-order chi connectivity index (χ1) is 8.22. The normalized spacial score (nSPS) is 24.0. The fourth-order valence-corrected chi connectivity index (χ4v) is 2.20. The molecule has 2 unspecified atom stereocenters. The standard InChI is InChI=1S/C14H19NO2/c1-3-7-14(16)15-10-13(17-11(15)2)12-8-5-4-6-9-12/h4-6,8-9,11,13H,3,7,10H2,1-2H3. The lowest BCUT2D eigenvalue weighted by Crippen LogP contribution is -2.33. The van der Waals surface area contributed by atoms with Crippen molar-refractivity contribution in [3.8, 4) is 0 Å². The number of hydrogen-bond acceptors (Lipinski definition) is 2. The van der Waals surface area contributed by atoms with Crippen molar-refractivity contribution in [3.63, 3.8) is 0 Å². The smallest absolute Gasteiger partial charge is 0.224 e. The van der Waals surface area contributed by atoms with Crippen LogP contribution in [0.5, 0.6) is 0 Å². The second kappa shape index (κ2) is 5.32. The molecule has 1 aromatic rings. The van der Waals surface area contributed by atoms with Gasteiger partial charge in [-0.15, -0.1) is 0 Å². The Morgan fingerprint density at radius 3 is 2.76 bits per heavy atom. The molecule has 1 amide bonds. The zero-order chi connectivity index (χ0) is 12.3. The van der Waals surface area contributed by atoms with E-state index in [1.165, 1.54) is 0 Å². The third kappa shape index (κ3) is 2.67. The van der Waals surface area contributed by atoms with E-state index in [4.69, 9.17) is 4.74 Å². The van der Waals surface area contributed by atoms with Gasteiger partial charge in [0.1, 0.15) is 12.3 Å². The molecule has 3 heteroatoms. The van der Waals surface area contributed by atoms with Gasteiger partial charge in [-0.25, -0.2) is 0 Å². The molecule has 3 nitrogen and oxygen atoms in total. The Kier molecular flexibility index (Phi) is 3.79. The number of carbonyl (C=O) groups is 1. The summed E-state index contributed by atoms with van der Waals surface area (Å²) < 4.78 is 5.83. The van der Waals surface area contributed by atoms with Crippen LogP contribution in [0.1, 0.15) is 38.4 Å². The van der Waals surface area contributed by atoms with Crippen molar-refractivity contribution < 1.29 is 9.53 Å². The van der Waals surface area contributed by atoms with Gasteiger partial charge in [-0.3, -0.25) is 4.79 Å². The number of nitrogens with zero attached hydrogens (tertiary/aromatic N) is 1. The van der Waals surface area contributed by atoms with E-state index in [1.54, 1.807) is 0 Å². The fraction of sp³-hybridized carbons (Fsp3) is 0.500. The minimum absolute atomic E-state index is 0.0204. The van der Waals surface area contributed by atoms with Gasteiger partial charge in [-0.05, 0) is 18.9 Å². The van der Waals surface area contributed by atoms with Crippen LogP contribution in [0.15, 0.2) is 30.3 Å². The molecule has 0 radical (unpaired) electrons. The first kappa shape index (κ1) is 12.1. The Hall–Kier alpha value is -1.35. The Labute approximate surface area is 102 Å². The number of carbonyl (C=O) groups excluding carboxylic acids is 1. The van der Waals surface area contributed by atoms with Gasteiger partial charge in [-0.2, -0.15) is 0 Å². The molecule has 1 aliphatic heterocycles. The molecule has 92 valence electrons. The summed E-state index contributed by atoms with van der Waals surface area (Å²) in [5.41, 5.74) is 1.14. The van der Waals surface area contributed by atoms with Crippen molar-refractivity contribution in [2.75, 3.05) is 6.54 Å². The van der Waals surface area contributed by atoms with E-state index in [-0.39, 0.29) is 18.2 Å². The third-order valence-electron chi connectivity index (χ3n) is 3.12. The largest absolute Gasteiger partial charge is 0.349 e. The molecule has 17 heavy (non-hydrogen) atoms. The molecule has 2 rings (SSSR count). The van der Waals surface area contributed by atoms with Gasteiger partial charge in [0.25, 0.3) is 0 Å². The number of amides is 1. The minimum Gasteiger partial charge on any atom is -0.349 e. The topological polar surface area (TPSA) is 29.5 Å². The van der Waals surface area contributed by atoms with E-state index in [2.05, 4.69) is 0 Å². The number of hydrogen-bond donors (Lipinski definition) is 0. The van der Waals surface area contributed by atoms with Gasteiger partial charge in [-0.1, -0.05) is 37.3 Å². The number of benzene rings is 1. The minimum atomic E-state index is -0.112. The molecule has 0 saturated carbocycles. The van der Waals surface area contributed by atoms with Crippen LogP contribution in [0.4, 0.5) is 0 Å². The third-order valence-corrected chi connectivity index (χ3v) is 3.12. The van der Waals surface area contributed by atoms with E-state index in [0.717, 1.165) is 12.0 Å². The molecule has 1 aliphatic rings. The molecule has 1 saturated heterocycles. The highest BCUT2D eigenvalue weighted by Crippen LogP contribution is 2.28. The van der Waals surface area contributed by atoms with Crippen LogP contribution in [0.25, 0.3) is 0 Å². The Balaban J connectivity index is 2.04. The van der Waals surface area contributed by atoms with Gasteiger partial charge in [0, 0.05) is 6.42 Å². The highest BCUT2D eigenvalue weighted by Gasteiger charge is 2.33. The molecule has 0 aromatic heterocycles. The van der Waals surface area contributed by atoms with E-state index in [1.807, 2.05) is 49.1 Å². The Morgan fingerprint density at radius 2 is 2.12 bits per heavy atom. The van der Waals surface area contributed by atoms with Crippen LogP contribution in [0.2, 0.25) is 0 Å². The maximum absolute atomic E-state index is 11.9. The maximum Gasteiger partial charge on any atom is 0.224 e. The summed E-state index contributed by atoms with van der Waals surface area (Å²) in [6.45, 7) is 4.63. The van der Waals surface area contributed by atoms with Crippen LogP contribution in [0.3, 0.4) is 0 Å². The Morgan fingerprint density at radius 1 is 1.41 bits per heavy atom. The van der Waals surface area contributed by atoms with Crippen LogP contribution in [0, 0.1) is 0 Å². The summed E-state index contributed by atoms with van der Waals surface area (Å²) in [4.78, 5) is 13.7. The molecule has 1 fully saturated rings. The van der Waals surface area contributed by atoms with Crippen molar-refractivity contribution in [3.05, 3.63) is 35.9 Å². The maximum atomic E-state index is 11.9. The molecular formula is C14H19NO2. The predicted molar refractivity (Wildman–Crippen MR) is 66.4 cm³/mol. The zero-order valence-corrected chi connectivity index (χ0v) is 10.4. The highest BCUT2D eigenvalue weighted by atomic mass is 16.5. The SMILES string of the molecule is CCCC(=O)N1CC(c2ccccc2)OC1C. The fourth-order valence-electron chi connectivity index (χ4n) is 2.20. The molecule has 0 aliphatic carbocycles. The van der Waals surface area contributed by atoms with Crippen molar-refractivity contribution >= 4 is 5.91 Å². The second-order valence-corrected chi connectivity index (χ2v) is 4.43.